The van der Waals surface area contributed by atoms with Gasteiger partial charge in [0.25, 0.3) is 0 Å². The number of anilines is 2. The first kappa shape index (κ1) is 42.6. The van der Waals surface area contributed by atoms with Gasteiger partial charge in [-0.15, -0.1) is 0 Å². The Morgan fingerprint density at radius 3 is 1.73 bits per heavy atom. The van der Waals surface area contributed by atoms with E-state index in [1.165, 1.54) is 27.8 Å². The fourth-order valence-corrected chi connectivity index (χ4v) is 6.81. The number of nitriles is 2. The summed E-state index contributed by atoms with van der Waals surface area (Å²) in [7, 11) is -1.00. The lowest BCUT2D eigenvalue weighted by molar-refractivity contribution is -0.0817. The first-order valence-electron chi connectivity index (χ1n) is 18.8. The third-order valence-electron chi connectivity index (χ3n) is 9.62. The van der Waals surface area contributed by atoms with Crippen molar-refractivity contribution in [1.29, 1.82) is 10.5 Å². The normalized spacial score (nSPS) is 25.7. The lowest BCUT2D eigenvalue weighted by atomic mass is 9.92. The molecule has 0 bridgehead atoms. The van der Waals surface area contributed by atoms with Crippen LogP contribution < -0.4 is 20.9 Å². The molecule has 0 aliphatic carbocycles. The molecule has 62 heavy (non-hydrogen) atoms. The highest BCUT2D eigenvalue weighted by Crippen LogP contribution is 2.46. The predicted molar refractivity (Wildman–Crippen MR) is 207 cm³/mol. The average molecular weight is 858 g/mol. The van der Waals surface area contributed by atoms with Crippen LogP contribution in [0.5, 0.6) is 11.5 Å². The Morgan fingerprint density at radius 1 is 0.806 bits per heavy atom. The minimum Gasteiger partial charge on any atom is -0.424 e. The second kappa shape index (κ2) is 18.8. The number of alkyl halides is 1. The number of halogens is 1. The molecule has 0 saturated carbocycles. The SMILES string of the molecule is N#C[C@@]1(c2ccc3c(N)ncnn23)O[C@H](CO)[C@@H](O)[C@H]1O.N#C[C@@]1(c2ccc3c(N)ncnn23)O[C@H](CO)[C@H]2OC(=O)O[C@H]21.O=C(Oc1ccccc1)Oc1ccccc1.[2H]CF. The maximum atomic E-state index is 11.5. The van der Waals surface area contributed by atoms with Crippen molar-refractivity contribution in [3.05, 3.63) is 109 Å². The Hall–Kier alpha value is -7.51. The van der Waals surface area contributed by atoms with Crippen LogP contribution >= 0.6 is 0 Å². The van der Waals surface area contributed by atoms with Crippen molar-refractivity contribution in [1.82, 2.24) is 29.2 Å². The van der Waals surface area contributed by atoms with Crippen molar-refractivity contribution in [3.8, 4) is 23.6 Å². The number of nitrogen functional groups attached to an aromatic ring is 2. The first-order chi connectivity index (χ1) is 30.4. The summed E-state index contributed by atoms with van der Waals surface area (Å²) in [5.41, 5.74) is 9.44. The van der Waals surface area contributed by atoms with Crippen LogP contribution in [-0.2, 0) is 30.1 Å². The number of nitrogens with two attached hydrogens (primary N) is 2. The van der Waals surface area contributed by atoms with Gasteiger partial charge in [0.2, 0.25) is 11.2 Å². The van der Waals surface area contributed by atoms with Crippen molar-refractivity contribution in [3.63, 3.8) is 0 Å². The number of para-hydroxylation sites is 2. The van der Waals surface area contributed by atoms with Crippen LogP contribution in [0.3, 0.4) is 0 Å². The molecule has 3 aliphatic rings. The number of aromatic nitrogens is 6. The van der Waals surface area contributed by atoms with Crippen LogP contribution in [0.25, 0.3) is 11.0 Å². The topological polar surface area (TPSA) is 330 Å². The van der Waals surface area contributed by atoms with Gasteiger partial charge in [0.1, 0.15) is 71.7 Å². The van der Waals surface area contributed by atoms with Crippen LogP contribution in [0.2, 0.25) is 0 Å². The maximum Gasteiger partial charge on any atom is 0.519 e. The van der Waals surface area contributed by atoms with E-state index in [2.05, 4.69) is 20.2 Å². The zero-order valence-electron chi connectivity index (χ0n) is 33.0. The molecule has 3 aliphatic heterocycles. The van der Waals surface area contributed by atoms with Gasteiger partial charge in [0, 0.05) is 0 Å². The van der Waals surface area contributed by atoms with Crippen LogP contribution in [0.1, 0.15) is 12.8 Å². The fraction of sp³-hybridized carbons (Fsp3) is 0.282. The maximum absolute atomic E-state index is 11.5. The van der Waals surface area contributed by atoms with E-state index < -0.39 is 80.5 Å². The van der Waals surface area contributed by atoms with Crippen molar-refractivity contribution >= 4 is 35.0 Å². The highest BCUT2D eigenvalue weighted by Gasteiger charge is 2.65. The van der Waals surface area contributed by atoms with E-state index in [0.717, 1.165) is 0 Å². The second-order valence-electron chi connectivity index (χ2n) is 13.1. The van der Waals surface area contributed by atoms with Crippen molar-refractivity contribution in [2.75, 3.05) is 31.8 Å². The number of aliphatic hydroxyl groups is 4. The van der Waals surface area contributed by atoms with E-state index in [4.69, 9.17) is 41.3 Å². The number of hydrogen-bond acceptors (Lipinski definition) is 20. The average Bonchev–Trinajstić information content (AvgIpc) is 4.12. The Kier molecular flexibility index (Phi) is 12.9. The van der Waals surface area contributed by atoms with Gasteiger partial charge in [0.05, 0.1) is 33.1 Å². The molecule has 6 aromatic rings. The highest BCUT2D eigenvalue weighted by atomic mass is 19.1. The molecule has 0 radical (unpaired) electrons. The minimum atomic E-state index is -1.85. The molecule has 4 aromatic heterocycles. The summed E-state index contributed by atoms with van der Waals surface area (Å²) in [6.07, 6.45) is -5.96. The summed E-state index contributed by atoms with van der Waals surface area (Å²) in [5.74, 6) is 1.36. The Balaban J connectivity index is 0.000000155. The summed E-state index contributed by atoms with van der Waals surface area (Å²) < 4.78 is 49.4. The van der Waals surface area contributed by atoms with Gasteiger partial charge >= 0.3 is 12.3 Å². The van der Waals surface area contributed by atoms with Gasteiger partial charge in [-0.2, -0.15) is 20.7 Å². The summed E-state index contributed by atoms with van der Waals surface area (Å²) in [4.78, 5) is 30.5. The summed E-state index contributed by atoms with van der Waals surface area (Å²) in [5, 5.41) is 66.1. The van der Waals surface area contributed by atoms with Gasteiger partial charge in [-0.3, -0.25) is 4.39 Å². The number of hydrogen-bond donors (Lipinski definition) is 6. The van der Waals surface area contributed by atoms with Crippen LogP contribution in [-0.4, -0.2) is 119 Å². The fourth-order valence-electron chi connectivity index (χ4n) is 6.81. The number of nitrogens with zero attached hydrogens (tertiary/aromatic N) is 8. The third-order valence-corrected chi connectivity index (χ3v) is 9.62. The monoisotopic (exact) mass is 857 g/mol. The summed E-state index contributed by atoms with van der Waals surface area (Å²) in [6, 6.07) is 27.8. The van der Waals surface area contributed by atoms with E-state index in [0.29, 0.717) is 28.2 Å². The molecule has 3 saturated heterocycles. The number of ether oxygens (including phenoxy) is 6. The van der Waals surface area contributed by atoms with Gasteiger partial charge in [-0.25, -0.2) is 28.6 Å². The number of aliphatic hydroxyl groups excluding tert-OH is 4. The molecule has 9 rings (SSSR count). The third kappa shape index (κ3) is 8.17. The van der Waals surface area contributed by atoms with E-state index in [-0.39, 0.29) is 17.3 Å². The van der Waals surface area contributed by atoms with E-state index >= 15 is 0 Å². The lowest BCUT2D eigenvalue weighted by Crippen LogP contribution is -2.40. The molecule has 23 heteroatoms. The molecule has 322 valence electrons. The molecule has 7 heterocycles. The van der Waals surface area contributed by atoms with Crippen LogP contribution in [0, 0.1) is 22.7 Å². The Morgan fingerprint density at radius 2 is 1.27 bits per heavy atom. The van der Waals surface area contributed by atoms with Gasteiger partial charge in [0.15, 0.2) is 23.8 Å². The molecule has 0 spiro atoms. The summed E-state index contributed by atoms with van der Waals surface area (Å²) >= 11 is 0. The number of carbonyl (C=O) groups excluding carboxylic acids is 2. The van der Waals surface area contributed by atoms with E-state index in [1.54, 1.807) is 66.7 Å². The standard InChI is InChI=1S/C13H11N5O5.C13H10O3.C12H13N5O4.CH3F/c14-4-13(8-2-1-6-11(15)16-5-17-18(6)8)10-9(7(3-19)23-13)21-12(20)22-10;14-13(15-11-7-3-1-4-8-11)16-12-9-5-2-6-10-12;13-4-12(10(20)9(19)7(3-18)21-12)8-2-1-6-11(14)15-5-16-17(6)8;1-2/h1-2,5,7,9-10,19H,3H2,(H2,15,16,17);1-10H;1-2,5,7,9-10,18-20H,3H2,(H2,14,15,16);1H3/t7-,9-,10-,13+;;7-,9-,10-,12+;/m1.1./s1/i;;;1D. The minimum absolute atomic E-state index is 0.205. The molecule has 2 aromatic carbocycles. The number of benzene rings is 2. The zero-order chi connectivity index (χ0) is 45.3. The quantitative estimate of drug-likeness (QED) is 0.102. The molecule has 8 N–H and O–H groups in total. The molecule has 8 atom stereocenters. The number of fused-ring (bicyclic) bond motifs is 3. The van der Waals surface area contributed by atoms with Gasteiger partial charge < -0.3 is 60.3 Å². The zero-order valence-corrected chi connectivity index (χ0v) is 32.0. The molecule has 0 unspecified atom stereocenters. The summed E-state index contributed by atoms with van der Waals surface area (Å²) in [6.45, 7) is -0.955. The van der Waals surface area contributed by atoms with Crippen molar-refractivity contribution in [2.45, 2.75) is 47.8 Å². The van der Waals surface area contributed by atoms with Crippen LogP contribution in [0.15, 0.2) is 97.6 Å². The Bertz CT molecular complexity index is 2570. The second-order valence-corrected chi connectivity index (χ2v) is 13.1. The predicted octanol–water partition coefficient (Wildman–Crippen LogP) is 1.32. The molecular formula is C39H37FN10O12. The van der Waals surface area contributed by atoms with Gasteiger partial charge in [-0.1, -0.05) is 36.4 Å². The van der Waals surface area contributed by atoms with E-state index in [1.807, 2.05) is 24.3 Å². The molecule has 0 amide bonds. The van der Waals surface area contributed by atoms with Crippen molar-refractivity contribution < 1.29 is 64.2 Å². The van der Waals surface area contributed by atoms with Crippen molar-refractivity contribution in [2.24, 2.45) is 0 Å². The first-order valence-corrected chi connectivity index (χ1v) is 18.1. The number of rotatable bonds is 6. The van der Waals surface area contributed by atoms with Gasteiger partial charge in [-0.05, 0) is 48.5 Å². The largest absolute Gasteiger partial charge is 0.519 e. The number of carbonyl (C=O) groups is 2. The lowest BCUT2D eigenvalue weighted by Gasteiger charge is -2.24. The Labute approximate surface area is 350 Å². The molecule has 22 nitrogen and oxygen atoms in total. The smallest absolute Gasteiger partial charge is 0.424 e. The van der Waals surface area contributed by atoms with Crippen LogP contribution in [0.4, 0.5) is 25.6 Å². The molecular weight excluding hydrogens is 819 g/mol. The highest BCUT2D eigenvalue weighted by molar-refractivity contribution is 5.68. The molecule has 3 fully saturated rings. The van der Waals surface area contributed by atoms with E-state index in [9.17, 15) is 44.9 Å².